The molecule has 0 saturated heterocycles. The van der Waals surface area contributed by atoms with Crippen LogP contribution >= 0.6 is 11.8 Å². The summed E-state index contributed by atoms with van der Waals surface area (Å²) in [5.74, 6) is 0.388. The first-order valence-electron chi connectivity index (χ1n) is 8.29. The molecule has 1 rings (SSSR count). The highest BCUT2D eigenvalue weighted by Gasteiger charge is 2.07. The Morgan fingerprint density at radius 3 is 2.29 bits per heavy atom. The zero-order valence-electron chi connectivity index (χ0n) is 13.2. The third kappa shape index (κ3) is 9.15. The van der Waals surface area contributed by atoms with Gasteiger partial charge < -0.3 is 5.11 Å². The molecule has 0 heterocycles. The first-order valence-corrected chi connectivity index (χ1v) is 9.28. The maximum atomic E-state index is 13.4. The number of hydrogen-bond acceptors (Lipinski definition) is 2. The summed E-state index contributed by atoms with van der Waals surface area (Å²) in [6, 6.07) is 6.75. The molecule has 3 heteroatoms. The van der Waals surface area contributed by atoms with E-state index >= 15 is 0 Å². The van der Waals surface area contributed by atoms with Gasteiger partial charge in [0.15, 0.2) is 0 Å². The lowest BCUT2D eigenvalue weighted by Gasteiger charge is -2.10. The zero-order valence-corrected chi connectivity index (χ0v) is 14.0. The highest BCUT2D eigenvalue weighted by Crippen LogP contribution is 2.23. The molecule has 0 saturated carbocycles. The summed E-state index contributed by atoms with van der Waals surface area (Å²) in [4.78, 5) is 0.632. The fourth-order valence-electron chi connectivity index (χ4n) is 2.34. The average Bonchev–Trinajstić information content (AvgIpc) is 2.49. The second kappa shape index (κ2) is 12.0. The molecule has 1 N–H and O–H groups in total. The van der Waals surface area contributed by atoms with Crippen LogP contribution < -0.4 is 0 Å². The van der Waals surface area contributed by atoms with Crippen molar-refractivity contribution >= 4 is 11.8 Å². The van der Waals surface area contributed by atoms with E-state index in [2.05, 4.69) is 6.92 Å². The molecule has 0 spiro atoms. The van der Waals surface area contributed by atoms with Crippen LogP contribution in [0.5, 0.6) is 0 Å². The van der Waals surface area contributed by atoms with Crippen LogP contribution in [0.25, 0.3) is 0 Å². The van der Waals surface area contributed by atoms with E-state index in [1.807, 2.05) is 6.07 Å². The topological polar surface area (TPSA) is 20.2 Å². The maximum Gasteiger partial charge on any atom is 0.136 e. The highest BCUT2D eigenvalue weighted by atomic mass is 32.2. The van der Waals surface area contributed by atoms with Crippen LogP contribution in [0.3, 0.4) is 0 Å². The average molecular weight is 312 g/mol. The van der Waals surface area contributed by atoms with Gasteiger partial charge in [-0.2, -0.15) is 0 Å². The summed E-state index contributed by atoms with van der Waals surface area (Å²) in [5, 5.41) is 9.93. The summed E-state index contributed by atoms with van der Waals surface area (Å²) in [5.41, 5.74) is 0. The Labute approximate surface area is 133 Å². The predicted octanol–water partition coefficient (Wildman–Crippen LogP) is 5.81. The van der Waals surface area contributed by atoms with E-state index in [-0.39, 0.29) is 11.9 Å². The van der Waals surface area contributed by atoms with Crippen molar-refractivity contribution in [3.8, 4) is 0 Å². The molecule has 0 fully saturated rings. The van der Waals surface area contributed by atoms with Gasteiger partial charge in [-0.25, -0.2) is 4.39 Å². The van der Waals surface area contributed by atoms with E-state index in [1.54, 1.807) is 12.1 Å². The molecule has 1 nitrogen and oxygen atoms in total. The molecule has 0 amide bonds. The van der Waals surface area contributed by atoms with Gasteiger partial charge in [0.1, 0.15) is 5.82 Å². The third-order valence-electron chi connectivity index (χ3n) is 3.66. The van der Waals surface area contributed by atoms with Gasteiger partial charge in [0.25, 0.3) is 0 Å². The maximum absolute atomic E-state index is 13.4. The number of benzene rings is 1. The van der Waals surface area contributed by atoms with Crippen LogP contribution in [0.1, 0.15) is 64.7 Å². The van der Waals surface area contributed by atoms with Gasteiger partial charge >= 0.3 is 0 Å². The lowest BCUT2D eigenvalue weighted by atomic mass is 10.1. The molecule has 1 aromatic carbocycles. The Morgan fingerprint density at radius 1 is 1.00 bits per heavy atom. The number of unbranched alkanes of at least 4 members (excludes halogenated alkanes) is 7. The van der Waals surface area contributed by atoms with Crippen molar-refractivity contribution in [1.82, 2.24) is 0 Å². The first-order chi connectivity index (χ1) is 10.2. The van der Waals surface area contributed by atoms with Crippen molar-refractivity contribution in [3.63, 3.8) is 0 Å². The fourth-order valence-corrected chi connectivity index (χ4v) is 3.26. The smallest absolute Gasteiger partial charge is 0.136 e. The van der Waals surface area contributed by atoms with Crippen molar-refractivity contribution < 1.29 is 9.50 Å². The van der Waals surface area contributed by atoms with Crippen molar-refractivity contribution in [3.05, 3.63) is 30.1 Å². The van der Waals surface area contributed by atoms with Crippen LogP contribution in [-0.4, -0.2) is 17.0 Å². The Balaban J connectivity index is 1.99. The van der Waals surface area contributed by atoms with Crippen molar-refractivity contribution in [2.45, 2.75) is 75.7 Å². The monoisotopic (exact) mass is 312 g/mol. The lowest BCUT2D eigenvalue weighted by Crippen LogP contribution is -2.09. The summed E-state index contributed by atoms with van der Waals surface area (Å²) in [7, 11) is 0. The molecule has 0 aliphatic carbocycles. The number of aliphatic hydroxyl groups excluding tert-OH is 1. The van der Waals surface area contributed by atoms with Gasteiger partial charge in [-0.3, -0.25) is 0 Å². The minimum Gasteiger partial charge on any atom is -0.392 e. The first kappa shape index (κ1) is 18.5. The van der Waals surface area contributed by atoms with Gasteiger partial charge in [-0.05, 0) is 18.6 Å². The molecule has 1 unspecified atom stereocenters. The standard InChI is InChI=1S/C18H29FOS/c1-2-3-4-5-6-7-8-9-12-16(20)15-21-18-14-11-10-13-17(18)19/h10-11,13-14,16,20H,2-9,12,15H2,1H3. The number of hydrogen-bond donors (Lipinski definition) is 1. The van der Waals surface area contributed by atoms with E-state index in [0.29, 0.717) is 10.6 Å². The molecular weight excluding hydrogens is 283 g/mol. The highest BCUT2D eigenvalue weighted by molar-refractivity contribution is 7.99. The zero-order chi connectivity index (χ0) is 15.3. The molecule has 0 radical (unpaired) electrons. The van der Waals surface area contributed by atoms with Crippen LogP contribution in [-0.2, 0) is 0 Å². The summed E-state index contributed by atoms with van der Waals surface area (Å²) < 4.78 is 13.4. The van der Waals surface area contributed by atoms with Gasteiger partial charge in [0.05, 0.1) is 6.10 Å². The van der Waals surface area contributed by atoms with Crippen LogP contribution in [0.2, 0.25) is 0 Å². The molecule has 21 heavy (non-hydrogen) atoms. The second-order valence-corrected chi connectivity index (χ2v) is 6.72. The molecule has 0 aliphatic rings. The molecule has 0 aliphatic heterocycles. The Morgan fingerprint density at radius 2 is 1.62 bits per heavy atom. The van der Waals surface area contributed by atoms with E-state index in [9.17, 15) is 9.50 Å². The molecule has 0 aromatic heterocycles. The SMILES string of the molecule is CCCCCCCCCCC(O)CSc1ccccc1F. The van der Waals surface area contributed by atoms with Crippen LogP contribution in [0, 0.1) is 5.82 Å². The summed E-state index contributed by atoms with van der Waals surface area (Å²) >= 11 is 1.41. The Bertz CT molecular complexity index is 370. The molecule has 0 bridgehead atoms. The Kier molecular flexibility index (Phi) is 10.6. The summed E-state index contributed by atoms with van der Waals surface area (Å²) in [6.07, 6.45) is 10.7. The Hall–Kier alpha value is -0.540. The number of rotatable bonds is 12. The molecule has 1 aromatic rings. The molecular formula is C18H29FOS. The molecule has 1 atom stereocenters. The normalized spacial score (nSPS) is 12.5. The van der Waals surface area contributed by atoms with E-state index < -0.39 is 0 Å². The number of thioether (sulfide) groups is 1. The third-order valence-corrected chi connectivity index (χ3v) is 4.85. The van der Waals surface area contributed by atoms with Crippen molar-refractivity contribution in [1.29, 1.82) is 0 Å². The van der Waals surface area contributed by atoms with Gasteiger partial charge in [-0.1, -0.05) is 70.4 Å². The van der Waals surface area contributed by atoms with Crippen LogP contribution in [0.4, 0.5) is 4.39 Å². The summed E-state index contributed by atoms with van der Waals surface area (Å²) in [6.45, 7) is 2.24. The van der Waals surface area contributed by atoms with E-state index in [0.717, 1.165) is 12.8 Å². The van der Waals surface area contributed by atoms with E-state index in [4.69, 9.17) is 0 Å². The minimum atomic E-state index is -0.324. The van der Waals surface area contributed by atoms with Crippen molar-refractivity contribution in [2.75, 3.05) is 5.75 Å². The van der Waals surface area contributed by atoms with Gasteiger partial charge in [0, 0.05) is 10.6 Å². The number of aliphatic hydroxyl groups is 1. The minimum absolute atomic E-state index is 0.193. The molecule has 120 valence electrons. The van der Waals surface area contributed by atoms with Gasteiger partial charge in [0.2, 0.25) is 0 Å². The quantitative estimate of drug-likeness (QED) is 0.388. The van der Waals surface area contributed by atoms with Crippen molar-refractivity contribution in [2.24, 2.45) is 0 Å². The van der Waals surface area contributed by atoms with Gasteiger partial charge in [-0.15, -0.1) is 11.8 Å². The number of halogens is 1. The second-order valence-electron chi connectivity index (χ2n) is 5.66. The largest absolute Gasteiger partial charge is 0.392 e. The predicted molar refractivity (Wildman–Crippen MR) is 90.4 cm³/mol. The lowest BCUT2D eigenvalue weighted by molar-refractivity contribution is 0.185. The fraction of sp³-hybridized carbons (Fsp3) is 0.667. The van der Waals surface area contributed by atoms with E-state index in [1.165, 1.54) is 62.8 Å². The van der Waals surface area contributed by atoms with Crippen LogP contribution in [0.15, 0.2) is 29.2 Å².